The Hall–Kier alpha value is -1.06. The minimum absolute atomic E-state index is 0.279. The third kappa shape index (κ3) is 3.10. The van der Waals surface area contributed by atoms with Gasteiger partial charge in [-0.15, -0.1) is 11.6 Å². The summed E-state index contributed by atoms with van der Waals surface area (Å²) in [5.74, 6) is 0.461. The van der Waals surface area contributed by atoms with Crippen molar-refractivity contribution in [1.29, 1.82) is 0 Å². The lowest BCUT2D eigenvalue weighted by molar-refractivity contribution is 0.412. The predicted molar refractivity (Wildman–Crippen MR) is 79.5 cm³/mol. The molecule has 0 saturated heterocycles. The molecular weight excluding hydrogens is 331 g/mol. The topological polar surface area (TPSA) is 9.23 Å². The van der Waals surface area contributed by atoms with Crippen LogP contribution < -0.4 is 4.74 Å². The Bertz CT molecular complexity index is 601. The first-order valence-electron chi connectivity index (χ1n) is 5.76. The predicted octanol–water partition coefficient (Wildman–Crippen LogP) is 5.23. The number of halogens is 3. The first-order chi connectivity index (χ1) is 9.02. The molecule has 0 heterocycles. The summed E-state index contributed by atoms with van der Waals surface area (Å²) in [6.07, 6.45) is 0. The molecule has 0 radical (unpaired) electrons. The van der Waals surface area contributed by atoms with E-state index in [2.05, 4.69) is 15.9 Å². The fourth-order valence-electron chi connectivity index (χ4n) is 1.90. The van der Waals surface area contributed by atoms with Gasteiger partial charge in [0.25, 0.3) is 0 Å². The fraction of sp³-hybridized carbons (Fsp3) is 0.200. The second kappa shape index (κ2) is 5.93. The summed E-state index contributed by atoms with van der Waals surface area (Å²) in [4.78, 5) is 0. The summed E-state index contributed by atoms with van der Waals surface area (Å²) >= 11 is 9.87. The Morgan fingerprint density at radius 1 is 1.21 bits per heavy atom. The van der Waals surface area contributed by atoms with Gasteiger partial charge in [-0.25, -0.2) is 4.39 Å². The average Bonchev–Trinajstić information content (AvgIpc) is 2.40. The first-order valence-corrected chi connectivity index (χ1v) is 6.99. The quantitative estimate of drug-likeness (QED) is 0.693. The van der Waals surface area contributed by atoms with E-state index in [9.17, 15) is 4.39 Å². The molecule has 0 saturated carbocycles. The van der Waals surface area contributed by atoms with E-state index in [1.54, 1.807) is 13.2 Å². The zero-order chi connectivity index (χ0) is 14.0. The van der Waals surface area contributed by atoms with Crippen molar-refractivity contribution in [2.24, 2.45) is 0 Å². The third-order valence-corrected chi connectivity index (χ3v) is 4.09. The molecule has 1 atom stereocenters. The zero-order valence-corrected chi connectivity index (χ0v) is 12.9. The SMILES string of the molecule is COc1ccc(C(Cl)c2cc(F)ccc2C)cc1Br. The Balaban J connectivity index is 2.41. The van der Waals surface area contributed by atoms with Crippen LogP contribution in [0.4, 0.5) is 4.39 Å². The summed E-state index contributed by atoms with van der Waals surface area (Å²) in [5, 5.41) is -0.391. The van der Waals surface area contributed by atoms with Gasteiger partial charge in [0.1, 0.15) is 11.6 Å². The van der Waals surface area contributed by atoms with E-state index in [1.165, 1.54) is 12.1 Å². The summed E-state index contributed by atoms with van der Waals surface area (Å²) in [5.41, 5.74) is 2.63. The van der Waals surface area contributed by atoms with Crippen LogP contribution in [0.15, 0.2) is 40.9 Å². The van der Waals surface area contributed by atoms with Crippen molar-refractivity contribution >= 4 is 27.5 Å². The standard InChI is InChI=1S/C15H13BrClFO/c1-9-3-5-11(18)8-12(9)15(17)10-4-6-14(19-2)13(16)7-10/h3-8,15H,1-2H3. The van der Waals surface area contributed by atoms with Gasteiger partial charge in [-0.1, -0.05) is 12.1 Å². The highest BCUT2D eigenvalue weighted by Gasteiger charge is 2.15. The molecule has 19 heavy (non-hydrogen) atoms. The lowest BCUT2D eigenvalue weighted by Crippen LogP contribution is -1.98. The molecule has 0 aliphatic carbocycles. The van der Waals surface area contributed by atoms with Crippen molar-refractivity contribution < 1.29 is 9.13 Å². The number of benzene rings is 2. The largest absolute Gasteiger partial charge is 0.496 e. The number of alkyl halides is 1. The molecule has 0 fully saturated rings. The van der Waals surface area contributed by atoms with Gasteiger partial charge in [-0.05, 0) is 63.8 Å². The first kappa shape index (κ1) is 14.4. The van der Waals surface area contributed by atoms with Crippen LogP contribution in [-0.2, 0) is 0 Å². The summed E-state index contributed by atoms with van der Waals surface area (Å²) < 4.78 is 19.3. The van der Waals surface area contributed by atoms with Crippen LogP contribution in [0, 0.1) is 12.7 Å². The molecule has 0 aromatic heterocycles. The molecule has 1 nitrogen and oxygen atoms in total. The molecule has 4 heteroatoms. The number of aryl methyl sites for hydroxylation is 1. The monoisotopic (exact) mass is 342 g/mol. The second-order valence-electron chi connectivity index (χ2n) is 4.26. The van der Waals surface area contributed by atoms with Crippen LogP contribution in [0.2, 0.25) is 0 Å². The Labute approximate surface area is 125 Å². The van der Waals surface area contributed by atoms with Gasteiger partial charge in [-0.2, -0.15) is 0 Å². The van der Waals surface area contributed by atoms with Crippen LogP contribution in [0.5, 0.6) is 5.75 Å². The number of rotatable bonds is 3. The summed E-state index contributed by atoms with van der Waals surface area (Å²) in [6.45, 7) is 1.92. The number of hydrogen-bond acceptors (Lipinski definition) is 1. The fourth-order valence-corrected chi connectivity index (χ4v) is 2.83. The smallest absolute Gasteiger partial charge is 0.133 e. The minimum Gasteiger partial charge on any atom is -0.496 e. The molecule has 0 aliphatic rings. The van der Waals surface area contributed by atoms with E-state index in [4.69, 9.17) is 16.3 Å². The van der Waals surface area contributed by atoms with Gasteiger partial charge in [0.05, 0.1) is 17.0 Å². The van der Waals surface area contributed by atoms with E-state index in [0.29, 0.717) is 0 Å². The van der Waals surface area contributed by atoms with Gasteiger partial charge in [0, 0.05) is 0 Å². The third-order valence-electron chi connectivity index (χ3n) is 2.98. The van der Waals surface area contributed by atoms with Crippen molar-refractivity contribution in [3.8, 4) is 5.75 Å². The maximum absolute atomic E-state index is 13.3. The van der Waals surface area contributed by atoms with E-state index in [1.807, 2.05) is 25.1 Å². The normalized spacial score (nSPS) is 12.3. The summed E-state index contributed by atoms with van der Waals surface area (Å²) in [7, 11) is 1.61. The van der Waals surface area contributed by atoms with Gasteiger partial charge >= 0.3 is 0 Å². The van der Waals surface area contributed by atoms with E-state index in [-0.39, 0.29) is 5.82 Å². The van der Waals surface area contributed by atoms with Crippen LogP contribution in [0.1, 0.15) is 22.1 Å². The maximum atomic E-state index is 13.3. The molecule has 0 N–H and O–H groups in total. The molecule has 0 spiro atoms. The van der Waals surface area contributed by atoms with E-state index in [0.717, 1.165) is 26.9 Å². The van der Waals surface area contributed by atoms with Gasteiger partial charge in [0.2, 0.25) is 0 Å². The number of ether oxygens (including phenoxy) is 1. The lowest BCUT2D eigenvalue weighted by Gasteiger charge is -2.14. The molecule has 2 aromatic rings. The van der Waals surface area contributed by atoms with Crippen LogP contribution in [-0.4, -0.2) is 7.11 Å². The summed E-state index contributed by atoms with van der Waals surface area (Å²) in [6, 6.07) is 10.3. The molecular formula is C15H13BrClFO. The second-order valence-corrected chi connectivity index (χ2v) is 5.55. The van der Waals surface area contributed by atoms with Gasteiger partial charge < -0.3 is 4.74 Å². The number of hydrogen-bond donors (Lipinski definition) is 0. The zero-order valence-electron chi connectivity index (χ0n) is 10.6. The number of methoxy groups -OCH3 is 1. The molecule has 0 amide bonds. The Morgan fingerprint density at radius 2 is 1.95 bits per heavy atom. The van der Waals surface area contributed by atoms with Crippen LogP contribution >= 0.6 is 27.5 Å². The maximum Gasteiger partial charge on any atom is 0.133 e. The van der Waals surface area contributed by atoms with E-state index < -0.39 is 5.38 Å². The van der Waals surface area contributed by atoms with Crippen molar-refractivity contribution in [1.82, 2.24) is 0 Å². The highest BCUT2D eigenvalue weighted by Crippen LogP contribution is 2.35. The average molecular weight is 344 g/mol. The molecule has 2 aromatic carbocycles. The van der Waals surface area contributed by atoms with E-state index >= 15 is 0 Å². The molecule has 0 bridgehead atoms. The minimum atomic E-state index is -0.391. The van der Waals surface area contributed by atoms with Crippen molar-refractivity contribution in [2.75, 3.05) is 7.11 Å². The van der Waals surface area contributed by atoms with Crippen LogP contribution in [0.25, 0.3) is 0 Å². The van der Waals surface area contributed by atoms with Crippen LogP contribution in [0.3, 0.4) is 0 Å². The van der Waals surface area contributed by atoms with Crippen molar-refractivity contribution in [3.63, 3.8) is 0 Å². The molecule has 2 rings (SSSR count). The molecule has 1 unspecified atom stereocenters. The van der Waals surface area contributed by atoms with Gasteiger partial charge in [-0.3, -0.25) is 0 Å². The highest BCUT2D eigenvalue weighted by molar-refractivity contribution is 9.10. The van der Waals surface area contributed by atoms with Gasteiger partial charge in [0.15, 0.2) is 0 Å². The lowest BCUT2D eigenvalue weighted by atomic mass is 10.00. The Kier molecular flexibility index (Phi) is 4.48. The Morgan fingerprint density at radius 3 is 2.58 bits per heavy atom. The molecule has 100 valence electrons. The van der Waals surface area contributed by atoms with Crippen molar-refractivity contribution in [2.45, 2.75) is 12.3 Å². The molecule has 0 aliphatic heterocycles. The van der Waals surface area contributed by atoms with Crippen molar-refractivity contribution in [3.05, 3.63) is 63.4 Å². The highest BCUT2D eigenvalue weighted by atomic mass is 79.9.